The number of halogens is 1. The van der Waals surface area contributed by atoms with E-state index in [-0.39, 0.29) is 0 Å². The minimum atomic E-state index is -0.772. The third kappa shape index (κ3) is 3.89. The highest BCUT2D eigenvalue weighted by molar-refractivity contribution is 6.33. The quantitative estimate of drug-likeness (QED) is 0.799. The number of hydrogen-bond acceptors (Lipinski definition) is 2. The standard InChI is InChI=1S/C13H15ClN2O2/c1-8(2)7-11(12(15)17)16-13(18)9-5-3-4-6-10(9)14/h3-6,11H,1,7H2,2H3,(H2,15,17)(H,16,18)/t11-/m1/s1. The second kappa shape index (κ2) is 6.21. The first-order valence-electron chi connectivity index (χ1n) is 5.41. The van der Waals surface area contributed by atoms with Crippen molar-refractivity contribution in [3.63, 3.8) is 0 Å². The lowest BCUT2D eigenvalue weighted by Crippen LogP contribution is -2.44. The van der Waals surface area contributed by atoms with E-state index in [1.54, 1.807) is 31.2 Å². The fraction of sp³-hybridized carbons (Fsp3) is 0.231. The molecule has 0 radical (unpaired) electrons. The lowest BCUT2D eigenvalue weighted by Gasteiger charge is -2.15. The van der Waals surface area contributed by atoms with Gasteiger partial charge in [-0.05, 0) is 25.5 Å². The van der Waals surface area contributed by atoms with Crippen LogP contribution in [0.1, 0.15) is 23.7 Å². The van der Waals surface area contributed by atoms with E-state index in [1.165, 1.54) is 0 Å². The van der Waals surface area contributed by atoms with Gasteiger partial charge in [0, 0.05) is 0 Å². The number of carbonyl (C=O) groups excluding carboxylic acids is 2. The van der Waals surface area contributed by atoms with E-state index in [2.05, 4.69) is 11.9 Å². The second-order valence-corrected chi connectivity index (χ2v) is 4.48. The first-order valence-corrected chi connectivity index (χ1v) is 5.78. The largest absolute Gasteiger partial charge is 0.368 e. The molecule has 3 N–H and O–H groups in total. The van der Waals surface area contributed by atoms with E-state index in [1.807, 2.05) is 0 Å². The molecule has 0 aliphatic heterocycles. The Morgan fingerprint density at radius 2 is 2.06 bits per heavy atom. The van der Waals surface area contributed by atoms with Crippen LogP contribution in [-0.2, 0) is 4.79 Å². The lowest BCUT2D eigenvalue weighted by atomic mass is 10.1. The van der Waals surface area contributed by atoms with Crippen molar-refractivity contribution in [2.24, 2.45) is 5.73 Å². The Balaban J connectivity index is 2.82. The van der Waals surface area contributed by atoms with E-state index in [9.17, 15) is 9.59 Å². The zero-order valence-corrected chi connectivity index (χ0v) is 10.8. The Hall–Kier alpha value is -1.81. The number of carbonyl (C=O) groups is 2. The topological polar surface area (TPSA) is 72.2 Å². The average Bonchev–Trinajstić information content (AvgIpc) is 2.27. The predicted molar refractivity (Wildman–Crippen MR) is 71.3 cm³/mol. The summed E-state index contributed by atoms with van der Waals surface area (Å²) in [6, 6.07) is 5.83. The summed E-state index contributed by atoms with van der Waals surface area (Å²) >= 11 is 5.89. The van der Waals surface area contributed by atoms with E-state index in [0.717, 1.165) is 5.57 Å². The summed E-state index contributed by atoms with van der Waals surface area (Å²) in [5.74, 6) is -1.02. The molecule has 0 heterocycles. The van der Waals surface area contributed by atoms with Crippen molar-refractivity contribution in [2.75, 3.05) is 0 Å². The summed E-state index contributed by atoms with van der Waals surface area (Å²) in [5, 5.41) is 2.87. The maximum atomic E-state index is 11.9. The molecule has 0 unspecified atom stereocenters. The normalized spacial score (nSPS) is 11.7. The van der Waals surface area contributed by atoms with Gasteiger partial charge in [0.2, 0.25) is 5.91 Å². The minimum Gasteiger partial charge on any atom is -0.368 e. The van der Waals surface area contributed by atoms with E-state index < -0.39 is 17.9 Å². The molecule has 0 fully saturated rings. The van der Waals surface area contributed by atoms with Crippen molar-refractivity contribution in [3.05, 3.63) is 47.0 Å². The average molecular weight is 267 g/mol. The number of amides is 2. The first kappa shape index (κ1) is 14.3. The van der Waals surface area contributed by atoms with Crippen LogP contribution in [0.2, 0.25) is 5.02 Å². The van der Waals surface area contributed by atoms with Gasteiger partial charge in [-0.15, -0.1) is 6.58 Å². The summed E-state index contributed by atoms with van der Waals surface area (Å²) in [6.45, 7) is 5.45. The second-order valence-electron chi connectivity index (χ2n) is 4.07. The third-order valence-electron chi connectivity index (χ3n) is 2.32. The number of primary amides is 1. The smallest absolute Gasteiger partial charge is 0.253 e. The van der Waals surface area contributed by atoms with Crippen LogP contribution in [0.15, 0.2) is 36.4 Å². The summed E-state index contributed by atoms with van der Waals surface area (Å²) in [6.07, 6.45) is 0.311. The molecular formula is C13H15ClN2O2. The lowest BCUT2D eigenvalue weighted by molar-refractivity contribution is -0.119. The Kier molecular flexibility index (Phi) is 4.92. The molecule has 2 amide bonds. The number of benzene rings is 1. The third-order valence-corrected chi connectivity index (χ3v) is 2.65. The van der Waals surface area contributed by atoms with Gasteiger partial charge >= 0.3 is 0 Å². The highest BCUT2D eigenvalue weighted by Gasteiger charge is 2.19. The Morgan fingerprint density at radius 3 is 2.56 bits per heavy atom. The molecule has 1 atom stereocenters. The predicted octanol–water partition coefficient (Wildman–Crippen LogP) is 1.89. The SMILES string of the molecule is C=C(C)C[C@@H](NC(=O)c1ccccc1Cl)C(N)=O. The Labute approximate surface area is 111 Å². The molecule has 96 valence electrons. The van der Waals surface area contributed by atoms with Crippen LogP contribution in [0, 0.1) is 0 Å². The molecule has 0 aliphatic rings. The van der Waals surface area contributed by atoms with Gasteiger partial charge in [0.1, 0.15) is 6.04 Å². The molecule has 1 aromatic carbocycles. The van der Waals surface area contributed by atoms with Crippen molar-refractivity contribution in [3.8, 4) is 0 Å². The molecule has 4 nitrogen and oxygen atoms in total. The monoisotopic (exact) mass is 266 g/mol. The van der Waals surface area contributed by atoms with Crippen LogP contribution in [0.5, 0.6) is 0 Å². The van der Waals surface area contributed by atoms with Gasteiger partial charge in [0.25, 0.3) is 5.91 Å². The number of hydrogen-bond donors (Lipinski definition) is 2. The summed E-state index contributed by atoms with van der Waals surface area (Å²) in [7, 11) is 0. The number of nitrogens with two attached hydrogens (primary N) is 1. The van der Waals surface area contributed by atoms with Gasteiger partial charge in [-0.2, -0.15) is 0 Å². The molecule has 0 aromatic heterocycles. The maximum absolute atomic E-state index is 11.9. The Morgan fingerprint density at radius 1 is 1.44 bits per heavy atom. The van der Waals surface area contributed by atoms with E-state index in [0.29, 0.717) is 17.0 Å². The van der Waals surface area contributed by atoms with Crippen molar-refractivity contribution < 1.29 is 9.59 Å². The van der Waals surface area contributed by atoms with Gasteiger partial charge in [-0.1, -0.05) is 29.3 Å². The molecule has 0 aliphatic carbocycles. The molecule has 1 aromatic rings. The minimum absolute atomic E-state index is 0.311. The Bertz CT molecular complexity index is 486. The van der Waals surface area contributed by atoms with Gasteiger partial charge in [-0.25, -0.2) is 0 Å². The van der Waals surface area contributed by atoms with Crippen LogP contribution in [0.4, 0.5) is 0 Å². The maximum Gasteiger partial charge on any atom is 0.253 e. The van der Waals surface area contributed by atoms with Crippen LogP contribution in [0.3, 0.4) is 0 Å². The summed E-state index contributed by atoms with van der Waals surface area (Å²) in [4.78, 5) is 23.1. The first-order chi connectivity index (χ1) is 8.41. The highest BCUT2D eigenvalue weighted by Crippen LogP contribution is 2.15. The van der Waals surface area contributed by atoms with Gasteiger partial charge in [-0.3, -0.25) is 9.59 Å². The molecule has 0 saturated carbocycles. The summed E-state index contributed by atoms with van der Waals surface area (Å²) in [5.41, 5.74) is 6.30. The van der Waals surface area contributed by atoms with Crippen LogP contribution in [-0.4, -0.2) is 17.9 Å². The van der Waals surface area contributed by atoms with Crippen LogP contribution in [0.25, 0.3) is 0 Å². The molecule has 0 saturated heterocycles. The van der Waals surface area contributed by atoms with Gasteiger partial charge in [0.15, 0.2) is 0 Å². The number of rotatable bonds is 5. The molecular weight excluding hydrogens is 252 g/mol. The van der Waals surface area contributed by atoms with Crippen molar-refractivity contribution in [2.45, 2.75) is 19.4 Å². The van der Waals surface area contributed by atoms with E-state index in [4.69, 9.17) is 17.3 Å². The van der Waals surface area contributed by atoms with Gasteiger partial charge < -0.3 is 11.1 Å². The van der Waals surface area contributed by atoms with Crippen LogP contribution >= 0.6 is 11.6 Å². The fourth-order valence-electron chi connectivity index (χ4n) is 1.45. The number of nitrogens with one attached hydrogen (secondary N) is 1. The van der Waals surface area contributed by atoms with Gasteiger partial charge in [0.05, 0.1) is 10.6 Å². The van der Waals surface area contributed by atoms with Crippen molar-refractivity contribution in [1.82, 2.24) is 5.32 Å². The zero-order valence-electron chi connectivity index (χ0n) is 10.1. The van der Waals surface area contributed by atoms with E-state index >= 15 is 0 Å². The summed E-state index contributed by atoms with van der Waals surface area (Å²) < 4.78 is 0. The fourth-order valence-corrected chi connectivity index (χ4v) is 1.67. The molecule has 0 bridgehead atoms. The highest BCUT2D eigenvalue weighted by atomic mass is 35.5. The zero-order chi connectivity index (χ0) is 13.7. The molecule has 0 spiro atoms. The molecule has 18 heavy (non-hydrogen) atoms. The van der Waals surface area contributed by atoms with Crippen LogP contribution < -0.4 is 11.1 Å². The molecule has 1 rings (SSSR count). The molecule has 5 heteroatoms. The van der Waals surface area contributed by atoms with Crippen molar-refractivity contribution in [1.29, 1.82) is 0 Å². The van der Waals surface area contributed by atoms with Crippen molar-refractivity contribution >= 4 is 23.4 Å².